The largest absolute Gasteiger partial charge is 0.478 e. The summed E-state index contributed by atoms with van der Waals surface area (Å²) >= 11 is 0. The van der Waals surface area contributed by atoms with E-state index in [1.54, 1.807) is 18.3 Å². The molecule has 4 rings (SSSR count). The van der Waals surface area contributed by atoms with Gasteiger partial charge in [-0.15, -0.1) is 10.2 Å². The van der Waals surface area contributed by atoms with E-state index in [0.717, 1.165) is 43.7 Å². The van der Waals surface area contributed by atoms with Gasteiger partial charge < -0.3 is 19.4 Å². The third kappa shape index (κ3) is 4.63. The third-order valence-electron chi connectivity index (χ3n) is 5.91. The van der Waals surface area contributed by atoms with Crippen LogP contribution in [-0.4, -0.2) is 71.9 Å². The van der Waals surface area contributed by atoms with Crippen LogP contribution in [0, 0.1) is 5.92 Å². The van der Waals surface area contributed by atoms with E-state index >= 15 is 0 Å². The first kappa shape index (κ1) is 20.4. The Hall–Kier alpha value is -2.90. The van der Waals surface area contributed by atoms with E-state index in [4.69, 9.17) is 4.74 Å². The minimum Gasteiger partial charge on any atom is -0.478 e. The molecule has 2 fully saturated rings. The van der Waals surface area contributed by atoms with Crippen LogP contribution in [-0.2, 0) is 0 Å². The molecule has 2 aliphatic rings. The van der Waals surface area contributed by atoms with Gasteiger partial charge in [0, 0.05) is 51.5 Å². The van der Waals surface area contributed by atoms with Gasteiger partial charge in [0.1, 0.15) is 0 Å². The number of piperazine rings is 1. The van der Waals surface area contributed by atoms with E-state index < -0.39 is 0 Å². The van der Waals surface area contributed by atoms with E-state index in [0.29, 0.717) is 31.1 Å². The molecule has 30 heavy (non-hydrogen) atoms. The monoisotopic (exact) mass is 410 g/mol. The van der Waals surface area contributed by atoms with E-state index in [9.17, 15) is 4.79 Å². The smallest absolute Gasteiger partial charge is 0.255 e. The highest BCUT2D eigenvalue weighted by atomic mass is 16.5. The molecule has 0 N–H and O–H groups in total. The molecule has 4 heterocycles. The molecule has 0 atom stereocenters. The van der Waals surface area contributed by atoms with E-state index in [1.807, 2.05) is 17.9 Å². The van der Waals surface area contributed by atoms with Gasteiger partial charge >= 0.3 is 0 Å². The van der Waals surface area contributed by atoms with Crippen molar-refractivity contribution in [2.45, 2.75) is 26.7 Å². The van der Waals surface area contributed by atoms with Crippen LogP contribution in [0.3, 0.4) is 0 Å². The molecule has 160 valence electrons. The summed E-state index contributed by atoms with van der Waals surface area (Å²) in [6.45, 7) is 9.67. The number of aromatic nitrogens is 3. The maximum atomic E-state index is 12.7. The molecule has 0 bridgehead atoms. The van der Waals surface area contributed by atoms with Crippen molar-refractivity contribution in [1.82, 2.24) is 20.1 Å². The number of rotatable bonds is 5. The quantitative estimate of drug-likeness (QED) is 0.750. The molecule has 1 amide bonds. The number of hydrogen-bond donors (Lipinski definition) is 0. The molecule has 8 nitrogen and oxygen atoms in total. The number of carbonyl (C=O) groups excluding carboxylic acids is 1. The Labute approximate surface area is 177 Å². The zero-order chi connectivity index (χ0) is 20.9. The highest BCUT2D eigenvalue weighted by molar-refractivity contribution is 5.94. The molecule has 2 aliphatic heterocycles. The summed E-state index contributed by atoms with van der Waals surface area (Å²) in [5.41, 5.74) is 0.590. The Morgan fingerprint density at radius 1 is 0.967 bits per heavy atom. The molecule has 0 saturated carbocycles. The van der Waals surface area contributed by atoms with Gasteiger partial charge in [0.25, 0.3) is 5.91 Å². The summed E-state index contributed by atoms with van der Waals surface area (Å²) in [6.07, 6.45) is 4.01. The summed E-state index contributed by atoms with van der Waals surface area (Å²) in [7, 11) is 0. The lowest BCUT2D eigenvalue weighted by Gasteiger charge is -2.35. The normalized spacial score (nSPS) is 17.9. The Morgan fingerprint density at radius 2 is 1.60 bits per heavy atom. The van der Waals surface area contributed by atoms with Gasteiger partial charge in [-0.25, -0.2) is 4.98 Å². The van der Waals surface area contributed by atoms with Crippen LogP contribution in [0.1, 0.15) is 37.0 Å². The number of anilines is 2. The van der Waals surface area contributed by atoms with Crippen molar-refractivity contribution in [1.29, 1.82) is 0 Å². The number of amides is 1. The molecule has 0 unspecified atom stereocenters. The molecule has 0 radical (unpaired) electrons. The predicted molar refractivity (Wildman–Crippen MR) is 116 cm³/mol. The molecular formula is C22H30N6O2. The molecule has 2 aromatic rings. The number of carbonyl (C=O) groups is 1. The molecule has 8 heteroatoms. The fraction of sp³-hybridized carbons (Fsp3) is 0.545. The lowest BCUT2D eigenvalue weighted by atomic mass is 9.99. The van der Waals surface area contributed by atoms with Gasteiger partial charge in [-0.05, 0) is 43.9 Å². The maximum Gasteiger partial charge on any atom is 0.255 e. The average Bonchev–Trinajstić information content (AvgIpc) is 2.80. The Morgan fingerprint density at radius 3 is 2.13 bits per heavy atom. The van der Waals surface area contributed by atoms with Crippen molar-refractivity contribution < 1.29 is 9.53 Å². The second-order valence-electron chi connectivity index (χ2n) is 8.02. The van der Waals surface area contributed by atoms with Crippen LogP contribution in [0.5, 0.6) is 5.88 Å². The van der Waals surface area contributed by atoms with E-state index in [2.05, 4.69) is 38.0 Å². The Balaban J connectivity index is 1.31. The van der Waals surface area contributed by atoms with Gasteiger partial charge in [0.15, 0.2) is 11.6 Å². The number of hydrogen-bond acceptors (Lipinski definition) is 7. The minimum absolute atomic E-state index is 0.00552. The first-order valence-electron chi connectivity index (χ1n) is 10.9. The van der Waals surface area contributed by atoms with Gasteiger partial charge in [-0.3, -0.25) is 4.79 Å². The highest BCUT2D eigenvalue weighted by Gasteiger charge is 2.24. The maximum absolute atomic E-state index is 12.7. The topological polar surface area (TPSA) is 74.7 Å². The fourth-order valence-electron chi connectivity index (χ4n) is 3.95. The lowest BCUT2D eigenvalue weighted by molar-refractivity contribution is 0.0746. The summed E-state index contributed by atoms with van der Waals surface area (Å²) in [5.74, 6) is 3.18. The number of pyridine rings is 1. The number of nitrogens with zero attached hydrogens (tertiary/aromatic N) is 6. The lowest BCUT2D eigenvalue weighted by Crippen LogP contribution is -2.49. The zero-order valence-electron chi connectivity index (χ0n) is 17.8. The van der Waals surface area contributed by atoms with E-state index in [1.165, 1.54) is 12.8 Å². The second kappa shape index (κ2) is 9.28. The molecule has 0 aromatic carbocycles. The SMILES string of the molecule is CCOc1ccc(C(=O)N2CCN(c3ccc(N4CCC(C)CC4)nn3)CC2)cn1. The molecule has 2 aromatic heterocycles. The van der Waals surface area contributed by atoms with Crippen LogP contribution in [0.25, 0.3) is 0 Å². The van der Waals surface area contributed by atoms with Gasteiger partial charge in [-0.1, -0.05) is 6.92 Å². The van der Waals surface area contributed by atoms with Crippen LogP contribution >= 0.6 is 0 Å². The first-order chi connectivity index (χ1) is 14.6. The third-order valence-corrected chi connectivity index (χ3v) is 5.91. The van der Waals surface area contributed by atoms with Gasteiger partial charge in [0.2, 0.25) is 5.88 Å². The van der Waals surface area contributed by atoms with Crippen molar-refractivity contribution in [3.8, 4) is 5.88 Å². The molecular weight excluding hydrogens is 380 g/mol. The van der Waals surface area contributed by atoms with Crippen LogP contribution in [0.15, 0.2) is 30.5 Å². The summed E-state index contributed by atoms with van der Waals surface area (Å²) in [5, 5.41) is 8.92. The predicted octanol–water partition coefficient (Wildman–Crippen LogP) is 2.47. The molecule has 0 spiro atoms. The van der Waals surface area contributed by atoms with Gasteiger partial charge in [-0.2, -0.15) is 0 Å². The zero-order valence-corrected chi connectivity index (χ0v) is 17.8. The second-order valence-corrected chi connectivity index (χ2v) is 8.02. The Bertz CT molecular complexity index is 826. The van der Waals surface area contributed by atoms with Crippen molar-refractivity contribution in [2.75, 3.05) is 55.7 Å². The average molecular weight is 411 g/mol. The van der Waals surface area contributed by atoms with Crippen LogP contribution < -0.4 is 14.5 Å². The van der Waals surface area contributed by atoms with Gasteiger partial charge in [0.05, 0.1) is 12.2 Å². The van der Waals surface area contributed by atoms with E-state index in [-0.39, 0.29) is 5.91 Å². The standard InChI is InChI=1S/C22H30N6O2/c1-3-30-21-7-4-18(16-23-21)22(29)28-14-12-27(13-15-28)20-6-5-19(24-25-20)26-10-8-17(2)9-11-26/h4-7,16-17H,3,8-15H2,1-2H3. The minimum atomic E-state index is 0.00552. The van der Waals surface area contributed by atoms with Crippen molar-refractivity contribution >= 4 is 17.5 Å². The number of ether oxygens (including phenoxy) is 1. The van der Waals surface area contributed by atoms with Crippen LogP contribution in [0.4, 0.5) is 11.6 Å². The highest BCUT2D eigenvalue weighted by Crippen LogP contribution is 2.22. The van der Waals surface area contributed by atoms with Crippen molar-refractivity contribution in [3.63, 3.8) is 0 Å². The molecule has 2 saturated heterocycles. The van der Waals surface area contributed by atoms with Crippen molar-refractivity contribution in [2.24, 2.45) is 5.92 Å². The summed E-state index contributed by atoms with van der Waals surface area (Å²) in [4.78, 5) is 23.3. The van der Waals surface area contributed by atoms with Crippen LogP contribution in [0.2, 0.25) is 0 Å². The number of piperidine rings is 1. The summed E-state index contributed by atoms with van der Waals surface area (Å²) < 4.78 is 5.34. The Kier molecular flexibility index (Phi) is 6.30. The fourth-order valence-corrected chi connectivity index (χ4v) is 3.95. The summed E-state index contributed by atoms with van der Waals surface area (Å²) in [6, 6.07) is 7.64. The van der Waals surface area contributed by atoms with Crippen molar-refractivity contribution in [3.05, 3.63) is 36.0 Å². The first-order valence-corrected chi connectivity index (χ1v) is 10.9. The molecule has 0 aliphatic carbocycles.